The van der Waals surface area contributed by atoms with Gasteiger partial charge in [0.1, 0.15) is 11.6 Å². The number of benzene rings is 1. The predicted molar refractivity (Wildman–Crippen MR) is 75.8 cm³/mol. The fraction of sp³-hybridized carbons (Fsp3) is 0.562. The molecule has 5 heteroatoms. The molecule has 0 aromatic heterocycles. The molecule has 3 nitrogen and oxygen atoms in total. The molecule has 114 valence electrons. The van der Waals surface area contributed by atoms with E-state index in [1.807, 2.05) is 0 Å². The summed E-state index contributed by atoms with van der Waals surface area (Å²) >= 11 is 0. The van der Waals surface area contributed by atoms with Crippen LogP contribution in [-0.4, -0.2) is 29.9 Å². The number of aryl methyl sites for hydroxylation is 1. The number of likely N-dealkylation sites (tertiary alicyclic amines) is 1. The summed E-state index contributed by atoms with van der Waals surface area (Å²) < 4.78 is 27.2. The van der Waals surface area contributed by atoms with Crippen LogP contribution in [0.25, 0.3) is 0 Å². The van der Waals surface area contributed by atoms with Crippen molar-refractivity contribution in [3.05, 3.63) is 34.9 Å². The van der Waals surface area contributed by atoms with Gasteiger partial charge < -0.3 is 10.6 Å². The van der Waals surface area contributed by atoms with Crippen LogP contribution in [0.5, 0.6) is 0 Å². The molecular formula is C16H20F2N2O. The first-order chi connectivity index (χ1) is 9.95. The van der Waals surface area contributed by atoms with E-state index in [4.69, 9.17) is 5.73 Å². The Bertz CT molecular complexity index is 576. The van der Waals surface area contributed by atoms with Crippen LogP contribution in [-0.2, 0) is 0 Å². The van der Waals surface area contributed by atoms with Crippen molar-refractivity contribution in [1.29, 1.82) is 0 Å². The highest BCUT2D eigenvalue weighted by Gasteiger charge is 2.39. The molecule has 1 unspecified atom stereocenters. The second-order valence-corrected chi connectivity index (χ2v) is 6.38. The largest absolute Gasteiger partial charge is 0.338 e. The highest BCUT2D eigenvalue weighted by Crippen LogP contribution is 2.36. The van der Waals surface area contributed by atoms with Gasteiger partial charge in [0.05, 0.1) is 5.56 Å². The minimum Gasteiger partial charge on any atom is -0.338 e. The normalized spacial score (nSPS) is 28.6. The summed E-state index contributed by atoms with van der Waals surface area (Å²) in [4.78, 5) is 14.2. The van der Waals surface area contributed by atoms with E-state index < -0.39 is 11.6 Å². The Balaban J connectivity index is 1.79. The standard InChI is InChI=1S/C16H20F2N2O/c1-9-4-13(15(18)6-14(9)17)16(21)20-7-10-2-3-12(19)5-11(10)8-20/h4,6,10-12H,2-3,5,7-8,19H2,1H3/t10-,11+,12?/m1/s1. The Hall–Kier alpha value is -1.49. The van der Waals surface area contributed by atoms with Gasteiger partial charge in [-0.3, -0.25) is 4.79 Å². The van der Waals surface area contributed by atoms with Gasteiger partial charge in [-0.1, -0.05) is 0 Å². The number of nitrogens with two attached hydrogens (primary N) is 1. The lowest BCUT2D eigenvalue weighted by atomic mass is 9.79. The second kappa shape index (κ2) is 5.37. The van der Waals surface area contributed by atoms with Crippen LogP contribution in [0.3, 0.4) is 0 Å². The van der Waals surface area contributed by atoms with Crippen molar-refractivity contribution in [2.24, 2.45) is 17.6 Å². The van der Waals surface area contributed by atoms with Crippen molar-refractivity contribution in [3.63, 3.8) is 0 Å². The molecule has 1 heterocycles. The zero-order valence-corrected chi connectivity index (χ0v) is 12.1. The molecule has 3 atom stereocenters. The lowest BCUT2D eigenvalue weighted by Crippen LogP contribution is -2.32. The van der Waals surface area contributed by atoms with Crippen LogP contribution >= 0.6 is 0 Å². The Morgan fingerprint density at radius 1 is 1.19 bits per heavy atom. The van der Waals surface area contributed by atoms with Crippen molar-refractivity contribution < 1.29 is 13.6 Å². The van der Waals surface area contributed by atoms with Crippen LogP contribution in [0.4, 0.5) is 8.78 Å². The highest BCUT2D eigenvalue weighted by atomic mass is 19.1. The van der Waals surface area contributed by atoms with E-state index >= 15 is 0 Å². The fourth-order valence-electron chi connectivity index (χ4n) is 3.62. The quantitative estimate of drug-likeness (QED) is 0.865. The summed E-state index contributed by atoms with van der Waals surface area (Å²) in [5.74, 6) is -0.848. The van der Waals surface area contributed by atoms with Gasteiger partial charge in [0.25, 0.3) is 5.91 Å². The molecule has 2 N–H and O–H groups in total. The number of hydrogen-bond acceptors (Lipinski definition) is 2. The molecule has 21 heavy (non-hydrogen) atoms. The van der Waals surface area contributed by atoms with E-state index in [1.165, 1.54) is 13.0 Å². The number of amides is 1. The van der Waals surface area contributed by atoms with E-state index in [1.54, 1.807) is 4.90 Å². The third-order valence-corrected chi connectivity index (χ3v) is 4.86. The number of carbonyl (C=O) groups excluding carboxylic acids is 1. The van der Waals surface area contributed by atoms with Gasteiger partial charge in [-0.05, 0) is 49.7 Å². The summed E-state index contributed by atoms with van der Waals surface area (Å²) in [5.41, 5.74) is 6.24. The molecular weight excluding hydrogens is 274 g/mol. The summed E-state index contributed by atoms with van der Waals surface area (Å²) in [6.07, 6.45) is 2.95. The second-order valence-electron chi connectivity index (χ2n) is 6.38. The fourth-order valence-corrected chi connectivity index (χ4v) is 3.62. The van der Waals surface area contributed by atoms with Crippen molar-refractivity contribution >= 4 is 5.91 Å². The molecule has 1 aliphatic carbocycles. The Morgan fingerprint density at radius 3 is 2.67 bits per heavy atom. The van der Waals surface area contributed by atoms with Crippen LogP contribution < -0.4 is 5.73 Å². The lowest BCUT2D eigenvalue weighted by Gasteiger charge is -2.27. The van der Waals surface area contributed by atoms with E-state index in [0.29, 0.717) is 30.5 Å². The Morgan fingerprint density at radius 2 is 1.90 bits per heavy atom. The zero-order valence-electron chi connectivity index (χ0n) is 12.1. The highest BCUT2D eigenvalue weighted by molar-refractivity contribution is 5.95. The Kier molecular flexibility index (Phi) is 3.69. The average molecular weight is 294 g/mol. The van der Waals surface area contributed by atoms with Gasteiger partial charge in [0, 0.05) is 25.2 Å². The third kappa shape index (κ3) is 2.67. The predicted octanol–water partition coefficient (Wildman–Crippen LogP) is 2.47. The molecule has 1 amide bonds. The lowest BCUT2D eigenvalue weighted by molar-refractivity contribution is 0.0779. The summed E-state index contributed by atoms with van der Waals surface area (Å²) in [7, 11) is 0. The molecule has 2 aliphatic rings. The number of rotatable bonds is 1. The van der Waals surface area contributed by atoms with Gasteiger partial charge >= 0.3 is 0 Å². The molecule has 0 spiro atoms. The van der Waals surface area contributed by atoms with Gasteiger partial charge in [-0.25, -0.2) is 8.78 Å². The maximum absolute atomic E-state index is 13.9. The number of carbonyl (C=O) groups is 1. The van der Waals surface area contributed by atoms with Gasteiger partial charge in [-0.2, -0.15) is 0 Å². The summed E-state index contributed by atoms with van der Waals surface area (Å²) in [6.45, 7) is 2.83. The number of nitrogens with zero attached hydrogens (tertiary/aromatic N) is 1. The topological polar surface area (TPSA) is 46.3 Å². The van der Waals surface area contributed by atoms with Crippen LogP contribution in [0.15, 0.2) is 12.1 Å². The zero-order chi connectivity index (χ0) is 15.1. The molecule has 1 aliphatic heterocycles. The van der Waals surface area contributed by atoms with E-state index in [-0.39, 0.29) is 17.5 Å². The smallest absolute Gasteiger partial charge is 0.256 e. The number of halogens is 2. The maximum atomic E-state index is 13.9. The molecule has 1 saturated carbocycles. The first-order valence-electron chi connectivity index (χ1n) is 7.46. The van der Waals surface area contributed by atoms with Gasteiger partial charge in [0.2, 0.25) is 0 Å². The number of hydrogen-bond donors (Lipinski definition) is 1. The Labute approximate surface area is 123 Å². The van der Waals surface area contributed by atoms with E-state index in [9.17, 15) is 13.6 Å². The monoisotopic (exact) mass is 294 g/mol. The molecule has 1 aromatic rings. The van der Waals surface area contributed by atoms with Crippen LogP contribution in [0.1, 0.15) is 35.2 Å². The third-order valence-electron chi connectivity index (χ3n) is 4.86. The van der Waals surface area contributed by atoms with Crippen LogP contribution in [0, 0.1) is 30.4 Å². The molecule has 0 bridgehead atoms. The number of fused-ring (bicyclic) bond motifs is 1. The minimum absolute atomic E-state index is 0.0307. The molecule has 1 aromatic carbocycles. The summed E-state index contributed by atoms with van der Waals surface area (Å²) in [5, 5.41) is 0. The summed E-state index contributed by atoms with van der Waals surface area (Å²) in [6, 6.07) is 2.31. The van der Waals surface area contributed by atoms with Crippen LogP contribution in [0.2, 0.25) is 0 Å². The maximum Gasteiger partial charge on any atom is 0.256 e. The van der Waals surface area contributed by atoms with E-state index in [0.717, 1.165) is 25.3 Å². The SMILES string of the molecule is Cc1cc(C(=O)N2C[C@H]3CCC(N)C[C@H]3C2)c(F)cc1F. The van der Waals surface area contributed by atoms with Gasteiger partial charge in [-0.15, -0.1) is 0 Å². The average Bonchev–Trinajstić information content (AvgIpc) is 2.85. The molecule has 2 fully saturated rings. The molecule has 1 saturated heterocycles. The van der Waals surface area contributed by atoms with Crippen molar-refractivity contribution in [2.45, 2.75) is 32.2 Å². The van der Waals surface area contributed by atoms with E-state index in [2.05, 4.69) is 0 Å². The van der Waals surface area contributed by atoms with Gasteiger partial charge in [0.15, 0.2) is 0 Å². The molecule has 3 rings (SSSR count). The van der Waals surface area contributed by atoms with Crippen molar-refractivity contribution in [3.8, 4) is 0 Å². The first-order valence-corrected chi connectivity index (χ1v) is 7.46. The van der Waals surface area contributed by atoms with Crippen molar-refractivity contribution in [1.82, 2.24) is 4.90 Å². The first kappa shape index (κ1) is 14.4. The molecule has 0 radical (unpaired) electrons. The van der Waals surface area contributed by atoms with Crippen molar-refractivity contribution in [2.75, 3.05) is 13.1 Å². The minimum atomic E-state index is -0.783.